The number of Topliss-reactive ketones (excluding diaryl/α,β-unsaturated/α-hetero) is 1. The summed E-state index contributed by atoms with van der Waals surface area (Å²) >= 11 is 18.0. The second-order valence-electron chi connectivity index (χ2n) is 8.54. The fourth-order valence-electron chi connectivity index (χ4n) is 4.48. The Kier molecular flexibility index (Phi) is 6.80. The van der Waals surface area contributed by atoms with E-state index in [0.717, 1.165) is 16.4 Å². The highest BCUT2D eigenvalue weighted by Crippen LogP contribution is 2.41. The highest BCUT2D eigenvalue weighted by molar-refractivity contribution is 6.42. The number of ketones is 1. The van der Waals surface area contributed by atoms with Gasteiger partial charge in [0, 0.05) is 16.1 Å². The average Bonchev–Trinajstić information content (AvgIpc) is 3.03. The van der Waals surface area contributed by atoms with Crippen LogP contribution in [0, 0.1) is 17.8 Å². The molecule has 1 aliphatic carbocycles. The summed E-state index contributed by atoms with van der Waals surface area (Å²) in [7, 11) is 0. The van der Waals surface area contributed by atoms with Crippen molar-refractivity contribution < 1.29 is 19.2 Å². The van der Waals surface area contributed by atoms with Crippen molar-refractivity contribution in [2.45, 2.75) is 26.2 Å². The van der Waals surface area contributed by atoms with Gasteiger partial charge >= 0.3 is 0 Å². The van der Waals surface area contributed by atoms with Crippen molar-refractivity contribution in [1.82, 2.24) is 10.0 Å². The first-order chi connectivity index (χ1) is 15.7. The van der Waals surface area contributed by atoms with Crippen molar-refractivity contribution >= 4 is 58.3 Å². The molecular weight excluding hydrogens is 487 g/mol. The van der Waals surface area contributed by atoms with E-state index in [1.54, 1.807) is 12.1 Å². The Bertz CT molecular complexity index is 1140. The number of halogens is 3. The molecule has 1 saturated carbocycles. The van der Waals surface area contributed by atoms with E-state index in [0.29, 0.717) is 29.3 Å². The average molecular weight is 508 g/mol. The fraction of sp³-hybridized carbons (Fsp3) is 0.333. The molecule has 0 spiro atoms. The number of fused-ring (bicyclic) bond motifs is 1. The normalized spacial score (nSPS) is 22.3. The van der Waals surface area contributed by atoms with Crippen molar-refractivity contribution in [1.29, 1.82) is 0 Å². The van der Waals surface area contributed by atoms with Gasteiger partial charge in [-0.25, -0.2) is 5.01 Å². The van der Waals surface area contributed by atoms with Gasteiger partial charge in [0.25, 0.3) is 17.7 Å². The van der Waals surface area contributed by atoms with Gasteiger partial charge in [0.1, 0.15) is 6.54 Å². The van der Waals surface area contributed by atoms with Crippen molar-refractivity contribution in [3.8, 4) is 0 Å². The zero-order valence-electron chi connectivity index (χ0n) is 17.8. The van der Waals surface area contributed by atoms with Gasteiger partial charge < -0.3 is 0 Å². The molecule has 1 aliphatic heterocycles. The molecular formula is C24H21Cl3N2O4. The van der Waals surface area contributed by atoms with E-state index in [1.165, 1.54) is 30.3 Å². The minimum absolute atomic E-state index is 0.108. The third-order valence-electron chi connectivity index (χ3n) is 6.27. The van der Waals surface area contributed by atoms with Gasteiger partial charge in [-0.1, -0.05) is 41.7 Å². The lowest BCUT2D eigenvalue weighted by molar-refractivity contribution is -0.154. The van der Waals surface area contributed by atoms with Crippen LogP contribution in [0.25, 0.3) is 0 Å². The van der Waals surface area contributed by atoms with Crippen LogP contribution >= 0.6 is 34.8 Å². The van der Waals surface area contributed by atoms with Crippen LogP contribution in [-0.4, -0.2) is 40.1 Å². The molecule has 3 amide bonds. The number of carbonyl (C=O) groups excluding carboxylic acids is 4. The van der Waals surface area contributed by atoms with Gasteiger partial charge in [-0.05, 0) is 67.6 Å². The first-order valence-corrected chi connectivity index (χ1v) is 11.7. The van der Waals surface area contributed by atoms with Gasteiger partial charge in [0.15, 0.2) is 5.78 Å². The van der Waals surface area contributed by atoms with Crippen LogP contribution in [0.3, 0.4) is 0 Å². The number of rotatable bonds is 5. The molecule has 2 aliphatic rings. The molecule has 0 bridgehead atoms. The molecule has 172 valence electrons. The zero-order chi connectivity index (χ0) is 23.9. The summed E-state index contributed by atoms with van der Waals surface area (Å²) in [6.07, 6.45) is 1.98. The summed E-state index contributed by atoms with van der Waals surface area (Å²) in [6.45, 7) is 1.55. The van der Waals surface area contributed by atoms with Gasteiger partial charge in [0.05, 0.1) is 21.9 Å². The van der Waals surface area contributed by atoms with E-state index in [9.17, 15) is 19.2 Å². The third kappa shape index (κ3) is 4.65. The number of imide groups is 1. The summed E-state index contributed by atoms with van der Waals surface area (Å²) in [5, 5.41) is 2.66. The Labute approximate surface area is 206 Å². The monoisotopic (exact) mass is 506 g/mol. The summed E-state index contributed by atoms with van der Waals surface area (Å²) in [6, 6.07) is 10.4. The number of nitrogens with zero attached hydrogens (tertiary/aromatic N) is 2. The second kappa shape index (κ2) is 9.45. The summed E-state index contributed by atoms with van der Waals surface area (Å²) < 4.78 is 0. The Morgan fingerprint density at radius 1 is 0.909 bits per heavy atom. The first-order valence-electron chi connectivity index (χ1n) is 10.6. The summed E-state index contributed by atoms with van der Waals surface area (Å²) in [5.74, 6) is -2.70. The summed E-state index contributed by atoms with van der Waals surface area (Å²) in [4.78, 5) is 53.1. The van der Waals surface area contributed by atoms with Crippen LogP contribution < -0.4 is 0 Å². The number of amides is 3. The van der Waals surface area contributed by atoms with Crippen LogP contribution in [0.1, 0.15) is 46.9 Å². The second-order valence-corrected chi connectivity index (χ2v) is 9.79. The number of hydrogen-bond donors (Lipinski definition) is 0. The smallest absolute Gasteiger partial charge is 0.273 e. The topological polar surface area (TPSA) is 74.8 Å². The van der Waals surface area contributed by atoms with Crippen LogP contribution in [-0.2, 0) is 9.59 Å². The molecule has 3 atom stereocenters. The van der Waals surface area contributed by atoms with E-state index in [1.807, 2.05) is 6.92 Å². The van der Waals surface area contributed by atoms with Gasteiger partial charge in [-0.15, -0.1) is 0 Å². The van der Waals surface area contributed by atoms with Crippen molar-refractivity contribution in [2.24, 2.45) is 17.8 Å². The van der Waals surface area contributed by atoms with E-state index >= 15 is 0 Å². The number of benzene rings is 2. The molecule has 0 radical (unpaired) electrons. The minimum atomic E-state index is -0.690. The largest absolute Gasteiger partial charge is 0.292 e. The highest BCUT2D eigenvalue weighted by atomic mass is 35.5. The van der Waals surface area contributed by atoms with Gasteiger partial charge in [-0.3, -0.25) is 19.2 Å². The molecule has 0 unspecified atom stereocenters. The van der Waals surface area contributed by atoms with Gasteiger partial charge in [-0.2, -0.15) is 5.01 Å². The maximum absolute atomic E-state index is 13.5. The molecule has 1 saturated heterocycles. The molecule has 2 aromatic rings. The maximum atomic E-state index is 13.5. The predicted octanol–water partition coefficient (Wildman–Crippen LogP) is 5.31. The van der Waals surface area contributed by atoms with Crippen LogP contribution in [0.5, 0.6) is 0 Å². The van der Waals surface area contributed by atoms with Crippen molar-refractivity contribution in [3.05, 3.63) is 68.7 Å². The highest BCUT2D eigenvalue weighted by Gasteiger charge is 2.52. The third-order valence-corrected chi connectivity index (χ3v) is 7.26. The zero-order valence-corrected chi connectivity index (χ0v) is 20.0. The van der Waals surface area contributed by atoms with Gasteiger partial charge in [0.2, 0.25) is 0 Å². The van der Waals surface area contributed by atoms with E-state index in [2.05, 4.69) is 0 Å². The fourth-order valence-corrected chi connectivity index (χ4v) is 4.91. The molecule has 33 heavy (non-hydrogen) atoms. The van der Waals surface area contributed by atoms with Crippen LogP contribution in [0.4, 0.5) is 0 Å². The Morgan fingerprint density at radius 2 is 1.55 bits per heavy atom. The molecule has 4 rings (SSSR count). The maximum Gasteiger partial charge on any atom is 0.273 e. The first kappa shape index (κ1) is 23.7. The Balaban J connectivity index is 1.70. The molecule has 6 nitrogen and oxygen atoms in total. The minimum Gasteiger partial charge on any atom is -0.292 e. The van der Waals surface area contributed by atoms with E-state index in [4.69, 9.17) is 34.8 Å². The summed E-state index contributed by atoms with van der Waals surface area (Å²) in [5.41, 5.74) is 0.411. The predicted molar refractivity (Wildman–Crippen MR) is 125 cm³/mol. The standard InChI is InChI=1S/C24H21Cl3N2O4/c1-13-2-8-17-18(10-13)24(33)29(23(17)32)28(12-21(30)14-3-6-16(25)7-4-14)22(31)15-5-9-19(26)20(27)11-15/h3-7,9,11,13,17-18H,2,8,10,12H2,1H3/t13-,17+,18+/m1/s1. The molecule has 2 aromatic carbocycles. The van der Waals surface area contributed by atoms with E-state index < -0.39 is 41.9 Å². The lowest BCUT2D eigenvalue weighted by Gasteiger charge is -2.30. The number of carbonyl (C=O) groups is 4. The molecule has 2 fully saturated rings. The van der Waals surface area contributed by atoms with Crippen molar-refractivity contribution in [2.75, 3.05) is 6.54 Å². The lowest BCUT2D eigenvalue weighted by atomic mass is 9.76. The SMILES string of the molecule is C[C@@H]1CC[C@@H]2C(=O)N(N(CC(=O)c3ccc(Cl)cc3)C(=O)c3ccc(Cl)c(Cl)c3)C(=O)[C@H]2C1. The molecule has 0 N–H and O–H groups in total. The molecule has 0 aromatic heterocycles. The quantitative estimate of drug-likeness (QED) is 0.406. The van der Waals surface area contributed by atoms with Crippen LogP contribution in [0.2, 0.25) is 15.1 Å². The molecule has 9 heteroatoms. The lowest BCUT2D eigenvalue weighted by Crippen LogP contribution is -2.52. The van der Waals surface area contributed by atoms with Crippen LogP contribution in [0.15, 0.2) is 42.5 Å². The van der Waals surface area contributed by atoms with Crippen molar-refractivity contribution in [3.63, 3.8) is 0 Å². The Hall–Kier alpha value is -2.41. The molecule has 1 heterocycles. The number of hydrazine groups is 1. The number of hydrogen-bond acceptors (Lipinski definition) is 4. The van der Waals surface area contributed by atoms with E-state index in [-0.39, 0.29) is 15.6 Å². The Morgan fingerprint density at radius 3 is 2.21 bits per heavy atom.